The van der Waals surface area contributed by atoms with Gasteiger partial charge in [0.15, 0.2) is 0 Å². The molecule has 28 heavy (non-hydrogen) atoms. The highest BCUT2D eigenvalue weighted by Gasteiger charge is 2.34. The lowest BCUT2D eigenvalue weighted by Gasteiger charge is -2.38. The Bertz CT molecular complexity index is 775. The van der Waals surface area contributed by atoms with Gasteiger partial charge in [0, 0.05) is 45.0 Å². The monoisotopic (exact) mass is 408 g/mol. The molecule has 0 spiro atoms. The molecule has 2 heterocycles. The summed E-state index contributed by atoms with van der Waals surface area (Å²) >= 11 is 0. The number of anilines is 1. The third-order valence-electron chi connectivity index (χ3n) is 5.84. The first-order valence-electron chi connectivity index (χ1n) is 10.1. The zero-order chi connectivity index (χ0) is 20.3. The molecule has 2 saturated heterocycles. The Morgan fingerprint density at radius 3 is 2.11 bits per heavy atom. The van der Waals surface area contributed by atoms with Gasteiger partial charge in [-0.15, -0.1) is 0 Å². The molecule has 1 aromatic rings. The van der Waals surface area contributed by atoms with Gasteiger partial charge in [0.2, 0.25) is 5.91 Å². The Hall–Kier alpha value is -1.48. The number of carbonyl (C=O) groups is 1. The number of carbonyl (C=O) groups excluding carboxylic acids is 1. The van der Waals surface area contributed by atoms with Gasteiger partial charge in [0.05, 0.1) is 6.54 Å². The molecule has 0 unspecified atom stereocenters. The maximum atomic E-state index is 12.8. The number of nitrogens with zero attached hydrogens (tertiary/aromatic N) is 3. The van der Waals surface area contributed by atoms with Gasteiger partial charge >= 0.3 is 0 Å². The summed E-state index contributed by atoms with van der Waals surface area (Å²) in [5.74, 6) is 0.539. The van der Waals surface area contributed by atoms with E-state index in [-0.39, 0.29) is 12.5 Å². The topological polar surface area (TPSA) is 73.0 Å². The molecule has 1 N–H and O–H groups in total. The van der Waals surface area contributed by atoms with Crippen molar-refractivity contribution in [2.45, 2.75) is 33.6 Å². The van der Waals surface area contributed by atoms with Gasteiger partial charge < -0.3 is 5.32 Å². The van der Waals surface area contributed by atoms with E-state index in [9.17, 15) is 13.2 Å². The van der Waals surface area contributed by atoms with Gasteiger partial charge in [-0.3, -0.25) is 9.69 Å². The van der Waals surface area contributed by atoms with Crippen LogP contribution in [0.2, 0.25) is 0 Å². The average molecular weight is 409 g/mol. The van der Waals surface area contributed by atoms with E-state index in [0.29, 0.717) is 45.2 Å². The van der Waals surface area contributed by atoms with Crippen molar-refractivity contribution in [1.82, 2.24) is 13.5 Å². The Labute approximate surface area is 168 Å². The number of piperidine rings is 1. The molecule has 8 heteroatoms. The predicted octanol–water partition coefficient (Wildman–Crippen LogP) is 1.84. The summed E-state index contributed by atoms with van der Waals surface area (Å²) in [6, 6.07) is 5.93. The highest BCUT2D eigenvalue weighted by Crippen LogP contribution is 2.22. The number of aryl methyl sites for hydroxylation is 2. The van der Waals surface area contributed by atoms with Crippen LogP contribution in [0.1, 0.15) is 30.9 Å². The molecule has 3 rings (SSSR count). The highest BCUT2D eigenvalue weighted by atomic mass is 32.2. The SMILES string of the molecule is Cc1cccc(C)c1NC(=O)CN1CCN(S(=O)(=O)N2CCC(C)CC2)CC1. The lowest BCUT2D eigenvalue weighted by molar-refractivity contribution is -0.117. The minimum atomic E-state index is -3.38. The largest absolute Gasteiger partial charge is 0.324 e. The summed E-state index contributed by atoms with van der Waals surface area (Å²) in [6.45, 7) is 9.66. The van der Waals surface area contributed by atoms with Crippen LogP contribution in [0.25, 0.3) is 0 Å². The fraction of sp³-hybridized carbons (Fsp3) is 0.650. The van der Waals surface area contributed by atoms with E-state index >= 15 is 0 Å². The summed E-state index contributed by atoms with van der Waals surface area (Å²) in [5, 5.41) is 3.00. The van der Waals surface area contributed by atoms with Gasteiger partial charge in [-0.2, -0.15) is 17.0 Å². The van der Waals surface area contributed by atoms with E-state index in [1.165, 1.54) is 0 Å². The first-order chi connectivity index (χ1) is 13.3. The number of amides is 1. The normalized spacial score (nSPS) is 21.0. The van der Waals surface area contributed by atoms with E-state index in [0.717, 1.165) is 29.7 Å². The van der Waals surface area contributed by atoms with Gasteiger partial charge in [0.25, 0.3) is 10.2 Å². The molecule has 1 aromatic carbocycles. The average Bonchev–Trinajstić information content (AvgIpc) is 2.66. The molecule has 2 fully saturated rings. The summed E-state index contributed by atoms with van der Waals surface area (Å²) in [5.41, 5.74) is 2.95. The molecule has 0 aliphatic carbocycles. The Balaban J connectivity index is 1.50. The molecular formula is C20H32N4O3S. The zero-order valence-corrected chi connectivity index (χ0v) is 18.0. The second-order valence-electron chi connectivity index (χ2n) is 8.08. The van der Waals surface area contributed by atoms with E-state index in [4.69, 9.17) is 0 Å². The van der Waals surface area contributed by atoms with Gasteiger partial charge in [-0.05, 0) is 43.7 Å². The lowest BCUT2D eigenvalue weighted by atomic mass is 10.0. The fourth-order valence-electron chi connectivity index (χ4n) is 3.89. The van der Waals surface area contributed by atoms with E-state index < -0.39 is 10.2 Å². The zero-order valence-electron chi connectivity index (χ0n) is 17.1. The predicted molar refractivity (Wildman–Crippen MR) is 111 cm³/mol. The molecule has 156 valence electrons. The number of piperazine rings is 1. The van der Waals surface area contributed by atoms with Crippen LogP contribution in [0.3, 0.4) is 0 Å². The summed E-state index contributed by atoms with van der Waals surface area (Å²) in [6.07, 6.45) is 1.86. The quantitative estimate of drug-likeness (QED) is 0.807. The number of para-hydroxylation sites is 1. The van der Waals surface area contributed by atoms with Gasteiger partial charge in [-0.25, -0.2) is 0 Å². The number of hydrogen-bond donors (Lipinski definition) is 1. The molecule has 0 aromatic heterocycles. The van der Waals surface area contributed by atoms with Crippen molar-refractivity contribution in [2.75, 3.05) is 51.1 Å². The molecule has 0 atom stereocenters. The molecule has 0 radical (unpaired) electrons. The summed E-state index contributed by atoms with van der Waals surface area (Å²) in [4.78, 5) is 14.5. The number of benzene rings is 1. The fourth-order valence-corrected chi connectivity index (χ4v) is 5.51. The number of nitrogens with one attached hydrogen (secondary N) is 1. The van der Waals surface area contributed by atoms with Crippen LogP contribution in [0, 0.1) is 19.8 Å². The van der Waals surface area contributed by atoms with Crippen molar-refractivity contribution in [2.24, 2.45) is 5.92 Å². The number of rotatable bonds is 5. The third kappa shape index (κ3) is 4.92. The van der Waals surface area contributed by atoms with Crippen LogP contribution in [0.4, 0.5) is 5.69 Å². The second-order valence-corrected chi connectivity index (χ2v) is 10.0. The Morgan fingerprint density at radius 1 is 1.00 bits per heavy atom. The van der Waals surface area contributed by atoms with Crippen LogP contribution in [-0.2, 0) is 15.0 Å². The number of hydrogen-bond acceptors (Lipinski definition) is 4. The Kier molecular flexibility index (Phi) is 6.75. The van der Waals surface area contributed by atoms with Crippen molar-refractivity contribution in [3.63, 3.8) is 0 Å². The van der Waals surface area contributed by atoms with E-state index in [1.807, 2.05) is 36.9 Å². The van der Waals surface area contributed by atoms with E-state index in [2.05, 4.69) is 12.2 Å². The molecule has 2 aliphatic rings. The standard InChI is InChI=1S/C20H32N4O3S/c1-16-7-9-23(10-8-16)28(26,27)24-13-11-22(12-14-24)15-19(25)21-20-17(2)5-4-6-18(20)3/h4-6,16H,7-15H2,1-3H3,(H,21,25). The maximum Gasteiger partial charge on any atom is 0.282 e. The van der Waals surface area contributed by atoms with Crippen molar-refractivity contribution < 1.29 is 13.2 Å². The summed E-state index contributed by atoms with van der Waals surface area (Å²) < 4.78 is 28.9. The molecule has 7 nitrogen and oxygen atoms in total. The first kappa shape index (κ1) is 21.2. The lowest BCUT2D eigenvalue weighted by Crippen LogP contribution is -2.55. The smallest absolute Gasteiger partial charge is 0.282 e. The van der Waals surface area contributed by atoms with Crippen molar-refractivity contribution in [3.8, 4) is 0 Å². The van der Waals surface area contributed by atoms with Gasteiger partial charge in [0.1, 0.15) is 0 Å². The molecule has 2 aliphatic heterocycles. The maximum absolute atomic E-state index is 12.8. The second kappa shape index (κ2) is 8.90. The third-order valence-corrected chi connectivity index (χ3v) is 7.87. The molecule has 0 saturated carbocycles. The van der Waals surface area contributed by atoms with Crippen molar-refractivity contribution in [3.05, 3.63) is 29.3 Å². The van der Waals surface area contributed by atoms with Gasteiger partial charge in [-0.1, -0.05) is 25.1 Å². The minimum absolute atomic E-state index is 0.0567. The molecule has 0 bridgehead atoms. The Morgan fingerprint density at radius 2 is 1.54 bits per heavy atom. The van der Waals surface area contributed by atoms with Crippen LogP contribution < -0.4 is 5.32 Å². The molecular weight excluding hydrogens is 376 g/mol. The van der Waals surface area contributed by atoms with Crippen LogP contribution in [-0.4, -0.2) is 73.6 Å². The van der Waals surface area contributed by atoms with Crippen LogP contribution >= 0.6 is 0 Å². The molecule has 1 amide bonds. The summed E-state index contributed by atoms with van der Waals surface area (Å²) in [7, 11) is -3.38. The van der Waals surface area contributed by atoms with Crippen molar-refractivity contribution >= 4 is 21.8 Å². The van der Waals surface area contributed by atoms with Crippen molar-refractivity contribution in [1.29, 1.82) is 0 Å². The minimum Gasteiger partial charge on any atom is -0.324 e. The highest BCUT2D eigenvalue weighted by molar-refractivity contribution is 7.86. The first-order valence-corrected chi connectivity index (χ1v) is 11.5. The van der Waals surface area contributed by atoms with Crippen LogP contribution in [0.15, 0.2) is 18.2 Å². The van der Waals surface area contributed by atoms with E-state index in [1.54, 1.807) is 8.61 Å². The van der Waals surface area contributed by atoms with Crippen LogP contribution in [0.5, 0.6) is 0 Å².